The molecule has 0 unspecified atom stereocenters. The molecule has 2 N–H and O–H groups in total. The molecule has 0 aliphatic carbocycles. The van der Waals surface area contributed by atoms with Gasteiger partial charge >= 0.3 is 5.97 Å². The third-order valence-corrected chi connectivity index (χ3v) is 3.88. The number of amides is 1. The number of methoxy groups -OCH3 is 1. The van der Waals surface area contributed by atoms with Gasteiger partial charge in [0.15, 0.2) is 0 Å². The Balaban J connectivity index is 1.59. The van der Waals surface area contributed by atoms with Crippen molar-refractivity contribution in [2.75, 3.05) is 17.7 Å². The predicted octanol–water partition coefficient (Wildman–Crippen LogP) is 3.93. The van der Waals surface area contributed by atoms with Crippen LogP contribution < -0.4 is 10.6 Å². The summed E-state index contributed by atoms with van der Waals surface area (Å²) in [5.74, 6) is -0.428. The van der Waals surface area contributed by atoms with E-state index in [-0.39, 0.29) is 18.1 Å². The van der Waals surface area contributed by atoms with E-state index in [1.807, 2.05) is 0 Å². The van der Waals surface area contributed by atoms with Crippen LogP contribution in [0.4, 0.5) is 21.6 Å². The van der Waals surface area contributed by atoms with Gasteiger partial charge in [-0.2, -0.15) is 0 Å². The van der Waals surface area contributed by atoms with E-state index >= 15 is 0 Å². The van der Waals surface area contributed by atoms with Crippen molar-refractivity contribution >= 4 is 29.1 Å². The first kappa shape index (κ1) is 19.0. The van der Waals surface area contributed by atoms with Gasteiger partial charge in [-0.1, -0.05) is 18.2 Å². The molecule has 28 heavy (non-hydrogen) atoms. The van der Waals surface area contributed by atoms with Crippen molar-refractivity contribution in [2.45, 2.75) is 6.42 Å². The van der Waals surface area contributed by atoms with Gasteiger partial charge in [-0.25, -0.2) is 14.2 Å². The van der Waals surface area contributed by atoms with Gasteiger partial charge < -0.3 is 15.4 Å². The Labute approximate surface area is 161 Å². The Bertz CT molecular complexity index is 973. The average Bonchev–Trinajstić information content (AvgIpc) is 2.71. The van der Waals surface area contributed by atoms with Gasteiger partial charge in [0, 0.05) is 5.69 Å². The summed E-state index contributed by atoms with van der Waals surface area (Å²) in [5, 5.41) is 5.83. The largest absolute Gasteiger partial charge is 0.465 e. The van der Waals surface area contributed by atoms with E-state index in [0.717, 1.165) is 5.56 Å². The smallest absolute Gasteiger partial charge is 0.337 e. The number of halogens is 1. The van der Waals surface area contributed by atoms with E-state index in [4.69, 9.17) is 4.74 Å². The molecule has 0 aliphatic rings. The zero-order chi connectivity index (χ0) is 19.9. The molecular formula is C21H18FN3O3. The van der Waals surface area contributed by atoms with Crippen LogP contribution in [0.5, 0.6) is 0 Å². The number of hydrogen-bond donors (Lipinski definition) is 2. The first-order valence-corrected chi connectivity index (χ1v) is 8.49. The summed E-state index contributed by atoms with van der Waals surface area (Å²) in [7, 11) is 1.33. The monoisotopic (exact) mass is 379 g/mol. The third kappa shape index (κ3) is 5.14. The maximum absolute atomic E-state index is 12.9. The number of rotatable bonds is 6. The lowest BCUT2D eigenvalue weighted by molar-refractivity contribution is -0.115. The molecule has 2 aromatic carbocycles. The van der Waals surface area contributed by atoms with Gasteiger partial charge in [-0.3, -0.25) is 4.79 Å². The van der Waals surface area contributed by atoms with Crippen molar-refractivity contribution in [2.24, 2.45) is 0 Å². The SMILES string of the molecule is COC(=O)c1cccc(Nc2ccc(NC(=O)Cc3ccc(F)cc3)cn2)c1. The third-order valence-electron chi connectivity index (χ3n) is 3.88. The van der Waals surface area contributed by atoms with Crippen LogP contribution in [0.1, 0.15) is 15.9 Å². The van der Waals surface area contributed by atoms with Crippen LogP contribution in [-0.2, 0) is 16.0 Å². The van der Waals surface area contributed by atoms with E-state index in [1.165, 1.54) is 25.4 Å². The second-order valence-corrected chi connectivity index (χ2v) is 5.98. The number of carbonyl (C=O) groups excluding carboxylic acids is 2. The van der Waals surface area contributed by atoms with Gasteiger partial charge in [0.2, 0.25) is 5.91 Å². The van der Waals surface area contributed by atoms with E-state index in [1.54, 1.807) is 48.5 Å². The Morgan fingerprint density at radius 2 is 1.82 bits per heavy atom. The molecule has 1 aromatic heterocycles. The van der Waals surface area contributed by atoms with Crippen LogP contribution in [0, 0.1) is 5.82 Å². The van der Waals surface area contributed by atoms with E-state index in [9.17, 15) is 14.0 Å². The molecule has 142 valence electrons. The summed E-state index contributed by atoms with van der Waals surface area (Å²) in [4.78, 5) is 27.9. The minimum Gasteiger partial charge on any atom is -0.465 e. The van der Waals surface area contributed by atoms with E-state index < -0.39 is 5.97 Å². The van der Waals surface area contributed by atoms with Crippen molar-refractivity contribution in [3.8, 4) is 0 Å². The van der Waals surface area contributed by atoms with Gasteiger partial charge in [-0.05, 0) is 48.0 Å². The standard InChI is InChI=1S/C21H18FN3O3/c1-28-21(27)15-3-2-4-17(12-15)24-19-10-9-18(13-23-19)25-20(26)11-14-5-7-16(22)8-6-14/h2-10,12-13H,11H2,1H3,(H,23,24)(H,25,26). The zero-order valence-corrected chi connectivity index (χ0v) is 15.1. The van der Waals surface area contributed by atoms with E-state index in [0.29, 0.717) is 22.8 Å². The summed E-state index contributed by atoms with van der Waals surface area (Å²) in [6.45, 7) is 0. The second kappa shape index (κ2) is 8.77. The van der Waals surface area contributed by atoms with Crippen molar-refractivity contribution in [3.05, 3.63) is 83.8 Å². The molecule has 0 saturated heterocycles. The predicted molar refractivity (Wildman–Crippen MR) is 104 cm³/mol. The molecule has 0 bridgehead atoms. The van der Waals surface area contributed by atoms with Crippen LogP contribution in [0.2, 0.25) is 0 Å². The lowest BCUT2D eigenvalue weighted by Crippen LogP contribution is -2.14. The van der Waals surface area contributed by atoms with Gasteiger partial charge in [0.05, 0.1) is 31.0 Å². The maximum atomic E-state index is 12.9. The lowest BCUT2D eigenvalue weighted by Gasteiger charge is -2.09. The molecular weight excluding hydrogens is 361 g/mol. The number of hydrogen-bond acceptors (Lipinski definition) is 5. The van der Waals surface area contributed by atoms with Gasteiger partial charge in [0.1, 0.15) is 11.6 Å². The molecule has 6 nitrogen and oxygen atoms in total. The maximum Gasteiger partial charge on any atom is 0.337 e. The van der Waals surface area contributed by atoms with Crippen LogP contribution in [-0.4, -0.2) is 24.0 Å². The first-order chi connectivity index (χ1) is 13.5. The number of nitrogens with zero attached hydrogens (tertiary/aromatic N) is 1. The average molecular weight is 379 g/mol. The molecule has 0 fully saturated rings. The molecule has 0 aliphatic heterocycles. The Kier molecular flexibility index (Phi) is 5.96. The fraction of sp³-hybridized carbons (Fsp3) is 0.0952. The fourth-order valence-corrected chi connectivity index (χ4v) is 2.52. The molecule has 0 atom stereocenters. The molecule has 1 amide bonds. The topological polar surface area (TPSA) is 80.3 Å². The number of ether oxygens (including phenoxy) is 1. The van der Waals surface area contributed by atoms with Crippen molar-refractivity contribution in [3.63, 3.8) is 0 Å². The number of esters is 1. The van der Waals surface area contributed by atoms with E-state index in [2.05, 4.69) is 15.6 Å². The van der Waals surface area contributed by atoms with Crippen molar-refractivity contribution in [1.29, 1.82) is 0 Å². The Hall–Kier alpha value is -3.74. The normalized spacial score (nSPS) is 10.2. The molecule has 0 spiro atoms. The molecule has 0 saturated carbocycles. The second-order valence-electron chi connectivity index (χ2n) is 5.98. The van der Waals surface area contributed by atoms with Crippen LogP contribution in [0.15, 0.2) is 66.9 Å². The zero-order valence-electron chi connectivity index (χ0n) is 15.1. The molecule has 0 radical (unpaired) electrons. The Morgan fingerprint density at radius 1 is 1.04 bits per heavy atom. The summed E-state index contributed by atoms with van der Waals surface area (Å²) >= 11 is 0. The number of nitrogens with one attached hydrogen (secondary N) is 2. The van der Waals surface area contributed by atoms with Crippen LogP contribution in [0.3, 0.4) is 0 Å². The molecule has 3 rings (SSSR count). The quantitative estimate of drug-likeness (QED) is 0.635. The highest BCUT2D eigenvalue weighted by atomic mass is 19.1. The van der Waals surface area contributed by atoms with Gasteiger partial charge in [-0.15, -0.1) is 0 Å². The summed E-state index contributed by atoms with van der Waals surface area (Å²) in [5.41, 5.74) is 2.37. The number of anilines is 3. The molecule has 7 heteroatoms. The van der Waals surface area contributed by atoms with Gasteiger partial charge in [0.25, 0.3) is 0 Å². The summed E-state index contributed by atoms with van der Waals surface area (Å²) in [6.07, 6.45) is 1.66. The fourth-order valence-electron chi connectivity index (χ4n) is 2.52. The van der Waals surface area contributed by atoms with Crippen LogP contribution >= 0.6 is 0 Å². The molecule has 3 aromatic rings. The molecule has 1 heterocycles. The number of aromatic nitrogens is 1. The highest BCUT2D eigenvalue weighted by Crippen LogP contribution is 2.18. The number of pyridine rings is 1. The highest BCUT2D eigenvalue weighted by molar-refractivity contribution is 5.92. The van der Waals surface area contributed by atoms with Crippen LogP contribution in [0.25, 0.3) is 0 Å². The summed E-state index contributed by atoms with van der Waals surface area (Å²) < 4.78 is 17.6. The summed E-state index contributed by atoms with van der Waals surface area (Å²) in [6, 6.07) is 16.0. The van der Waals surface area contributed by atoms with Crippen molar-refractivity contribution in [1.82, 2.24) is 4.98 Å². The highest BCUT2D eigenvalue weighted by Gasteiger charge is 2.07. The number of carbonyl (C=O) groups is 2. The minimum atomic E-state index is -0.421. The number of benzene rings is 2. The lowest BCUT2D eigenvalue weighted by atomic mass is 10.1. The minimum absolute atomic E-state index is 0.139. The Morgan fingerprint density at radius 3 is 2.50 bits per heavy atom. The van der Waals surface area contributed by atoms with Crippen molar-refractivity contribution < 1.29 is 18.7 Å². The first-order valence-electron chi connectivity index (χ1n) is 8.49.